The van der Waals surface area contributed by atoms with Crippen LogP contribution in [0, 0.1) is 0 Å². The van der Waals surface area contributed by atoms with Crippen molar-refractivity contribution in [2.24, 2.45) is 0 Å². The molecule has 1 aliphatic rings. The maximum atomic E-state index is 3.75. The van der Waals surface area contributed by atoms with Crippen molar-refractivity contribution < 1.29 is 0 Å². The molecule has 0 heterocycles. The smallest absolute Gasteiger partial charge is 0.0130 e. The molecule has 0 radical (unpaired) electrons. The molecule has 0 saturated carbocycles. The first kappa shape index (κ1) is 10.3. The molecule has 1 aliphatic carbocycles. The van der Waals surface area contributed by atoms with Gasteiger partial charge in [0, 0.05) is 0 Å². The van der Waals surface area contributed by atoms with Gasteiger partial charge in [-0.15, -0.1) is 6.58 Å². The highest BCUT2D eigenvalue weighted by atomic mass is 14.1. The molecule has 0 bridgehead atoms. The Kier molecular flexibility index (Phi) is 4.59. The molecule has 0 unspecified atom stereocenters. The zero-order valence-electron chi connectivity index (χ0n) is 8.68. The monoisotopic (exact) mass is 176 g/mol. The van der Waals surface area contributed by atoms with Gasteiger partial charge in [0.2, 0.25) is 0 Å². The van der Waals surface area contributed by atoms with Gasteiger partial charge in [0.15, 0.2) is 0 Å². The topological polar surface area (TPSA) is 0 Å². The van der Waals surface area contributed by atoms with Crippen LogP contribution in [0.2, 0.25) is 0 Å². The van der Waals surface area contributed by atoms with Crippen molar-refractivity contribution in [3.05, 3.63) is 36.0 Å². The van der Waals surface area contributed by atoms with Crippen molar-refractivity contribution in [2.75, 3.05) is 0 Å². The lowest BCUT2D eigenvalue weighted by Crippen LogP contribution is -1.77. The van der Waals surface area contributed by atoms with Gasteiger partial charge >= 0.3 is 0 Å². The van der Waals surface area contributed by atoms with Gasteiger partial charge in [-0.25, -0.2) is 0 Å². The van der Waals surface area contributed by atoms with E-state index < -0.39 is 0 Å². The van der Waals surface area contributed by atoms with E-state index >= 15 is 0 Å². The minimum Gasteiger partial charge on any atom is -0.103 e. The fraction of sp³-hybridized carbons (Fsp3) is 0.538. The van der Waals surface area contributed by atoms with E-state index in [9.17, 15) is 0 Å². The van der Waals surface area contributed by atoms with Crippen LogP contribution in [0.1, 0.15) is 45.4 Å². The van der Waals surface area contributed by atoms with Crippen molar-refractivity contribution in [2.45, 2.75) is 45.4 Å². The lowest BCUT2D eigenvalue weighted by atomic mass is 10.1. The zero-order chi connectivity index (χ0) is 9.52. The van der Waals surface area contributed by atoms with Crippen molar-refractivity contribution >= 4 is 0 Å². The molecule has 1 rings (SSSR count). The van der Waals surface area contributed by atoms with Gasteiger partial charge in [0.05, 0.1) is 0 Å². The number of hydrogen-bond donors (Lipinski definition) is 0. The van der Waals surface area contributed by atoms with Crippen LogP contribution in [-0.2, 0) is 0 Å². The van der Waals surface area contributed by atoms with Crippen molar-refractivity contribution in [1.29, 1.82) is 0 Å². The summed E-state index contributed by atoms with van der Waals surface area (Å²) >= 11 is 0. The zero-order valence-corrected chi connectivity index (χ0v) is 8.68. The Morgan fingerprint density at radius 2 is 2.31 bits per heavy atom. The van der Waals surface area contributed by atoms with Crippen LogP contribution in [-0.4, -0.2) is 0 Å². The highest BCUT2D eigenvalue weighted by Crippen LogP contribution is 2.24. The van der Waals surface area contributed by atoms with Gasteiger partial charge < -0.3 is 0 Å². The van der Waals surface area contributed by atoms with E-state index in [1.807, 2.05) is 6.08 Å². The van der Waals surface area contributed by atoms with Gasteiger partial charge in [0.25, 0.3) is 0 Å². The molecule has 0 heteroatoms. The fourth-order valence-electron chi connectivity index (χ4n) is 1.66. The first-order chi connectivity index (χ1) is 6.36. The molecule has 0 aromatic carbocycles. The summed E-state index contributed by atoms with van der Waals surface area (Å²) in [6, 6.07) is 0. The summed E-state index contributed by atoms with van der Waals surface area (Å²) in [5.74, 6) is 0. The third kappa shape index (κ3) is 3.63. The molecule has 0 aliphatic heterocycles. The van der Waals surface area contributed by atoms with E-state index in [0.29, 0.717) is 0 Å². The molecule has 0 amide bonds. The lowest BCUT2D eigenvalue weighted by molar-refractivity contribution is 0.798. The van der Waals surface area contributed by atoms with Crippen LogP contribution < -0.4 is 0 Å². The first-order valence-electron chi connectivity index (χ1n) is 5.36. The first-order valence-corrected chi connectivity index (χ1v) is 5.36. The number of allylic oxidation sites excluding steroid dienone is 5. The third-order valence-electron chi connectivity index (χ3n) is 2.50. The minimum absolute atomic E-state index is 1.13. The summed E-state index contributed by atoms with van der Waals surface area (Å²) in [4.78, 5) is 0. The number of unbranched alkanes of at least 4 members (excludes halogenated alkanes) is 1. The second-order valence-corrected chi connectivity index (χ2v) is 3.72. The van der Waals surface area contributed by atoms with Crippen molar-refractivity contribution in [3.8, 4) is 0 Å². The normalized spacial score (nSPS) is 15.5. The Hall–Kier alpha value is -0.780. The molecule has 0 spiro atoms. The molecule has 0 aromatic heterocycles. The molecule has 0 N–H and O–H groups in total. The Balaban J connectivity index is 2.27. The highest BCUT2D eigenvalue weighted by molar-refractivity contribution is 5.32. The lowest BCUT2D eigenvalue weighted by Gasteiger charge is -1.97. The van der Waals surface area contributed by atoms with Crippen molar-refractivity contribution in [3.63, 3.8) is 0 Å². The fourth-order valence-corrected chi connectivity index (χ4v) is 1.66. The van der Waals surface area contributed by atoms with Crippen LogP contribution in [0.3, 0.4) is 0 Å². The summed E-state index contributed by atoms with van der Waals surface area (Å²) in [6.45, 7) is 5.99. The predicted octanol–water partition coefficient (Wildman–Crippen LogP) is 4.40. The summed E-state index contributed by atoms with van der Waals surface area (Å²) in [6.07, 6.45) is 14.2. The van der Waals surface area contributed by atoms with Crippen molar-refractivity contribution in [1.82, 2.24) is 0 Å². The molecule has 72 valence electrons. The second-order valence-electron chi connectivity index (χ2n) is 3.72. The Morgan fingerprint density at radius 3 is 3.00 bits per heavy atom. The quantitative estimate of drug-likeness (QED) is 0.526. The van der Waals surface area contributed by atoms with E-state index in [1.165, 1.54) is 32.1 Å². The molecule has 0 fully saturated rings. The predicted molar refractivity (Wildman–Crippen MR) is 59.7 cm³/mol. The molecular weight excluding hydrogens is 156 g/mol. The average Bonchev–Trinajstić information content (AvgIpc) is 2.59. The Labute approximate surface area is 82.0 Å². The molecular formula is C13H20. The van der Waals surface area contributed by atoms with Gasteiger partial charge in [-0.2, -0.15) is 0 Å². The average molecular weight is 176 g/mol. The van der Waals surface area contributed by atoms with Crippen LogP contribution in [0.5, 0.6) is 0 Å². The van der Waals surface area contributed by atoms with Crippen LogP contribution in [0.4, 0.5) is 0 Å². The van der Waals surface area contributed by atoms with Gasteiger partial charge in [-0.3, -0.25) is 0 Å². The third-order valence-corrected chi connectivity index (χ3v) is 2.50. The van der Waals surface area contributed by atoms with Crippen LogP contribution >= 0.6 is 0 Å². The summed E-state index contributed by atoms with van der Waals surface area (Å²) in [5.41, 5.74) is 3.15. The van der Waals surface area contributed by atoms with E-state index in [2.05, 4.69) is 25.7 Å². The molecule has 0 saturated heterocycles. The van der Waals surface area contributed by atoms with Gasteiger partial charge in [-0.05, 0) is 32.1 Å². The number of hydrogen-bond acceptors (Lipinski definition) is 0. The van der Waals surface area contributed by atoms with Crippen LogP contribution in [0.25, 0.3) is 0 Å². The molecule has 0 aromatic rings. The van der Waals surface area contributed by atoms with Crippen LogP contribution in [0.15, 0.2) is 36.0 Å². The van der Waals surface area contributed by atoms with E-state index in [-0.39, 0.29) is 0 Å². The van der Waals surface area contributed by atoms with Gasteiger partial charge in [-0.1, -0.05) is 42.7 Å². The maximum absolute atomic E-state index is 3.75. The highest BCUT2D eigenvalue weighted by Gasteiger charge is 2.04. The molecule has 0 atom stereocenters. The largest absolute Gasteiger partial charge is 0.103 e. The van der Waals surface area contributed by atoms with E-state index in [4.69, 9.17) is 0 Å². The van der Waals surface area contributed by atoms with Gasteiger partial charge in [0.1, 0.15) is 0 Å². The SMILES string of the molecule is C=CCCC1=CC(CCCC)=CC1. The second kappa shape index (κ2) is 5.80. The van der Waals surface area contributed by atoms with E-state index in [0.717, 1.165) is 6.42 Å². The standard InChI is InChI=1S/C13H20/c1-3-5-7-12-9-10-13(11-12)8-6-4-2/h3,10-11H,1,4-9H2,2H3. The Morgan fingerprint density at radius 1 is 1.46 bits per heavy atom. The summed E-state index contributed by atoms with van der Waals surface area (Å²) < 4.78 is 0. The minimum atomic E-state index is 1.13. The van der Waals surface area contributed by atoms with E-state index in [1.54, 1.807) is 11.1 Å². The summed E-state index contributed by atoms with van der Waals surface area (Å²) in [7, 11) is 0. The Bertz CT molecular complexity index is 218. The summed E-state index contributed by atoms with van der Waals surface area (Å²) in [5, 5.41) is 0. The number of rotatable bonds is 6. The molecule has 13 heavy (non-hydrogen) atoms. The molecule has 0 nitrogen and oxygen atoms in total. The maximum Gasteiger partial charge on any atom is -0.0130 e.